The lowest BCUT2D eigenvalue weighted by molar-refractivity contribution is 0.303. The summed E-state index contributed by atoms with van der Waals surface area (Å²) in [6.45, 7) is 0.127. The number of hydrogen-bond donors (Lipinski definition) is 1. The molecule has 0 bridgehead atoms. The van der Waals surface area contributed by atoms with Crippen LogP contribution in [-0.2, 0) is 0 Å². The van der Waals surface area contributed by atoms with Crippen LogP contribution in [0.5, 0.6) is 0 Å². The molecule has 0 aliphatic rings. The van der Waals surface area contributed by atoms with Gasteiger partial charge in [-0.05, 0) is 18.6 Å². The Hall–Kier alpha value is -0.570. The third-order valence-electron chi connectivity index (χ3n) is 1.41. The third-order valence-corrected chi connectivity index (χ3v) is 1.92. The van der Waals surface area contributed by atoms with Gasteiger partial charge in [-0.25, -0.2) is 0 Å². The topological polar surface area (TPSA) is 33.1 Å². The Balaban J connectivity index is 2.77. The highest BCUT2D eigenvalue weighted by Gasteiger charge is 1.97. The van der Waals surface area contributed by atoms with Crippen molar-refractivity contribution in [1.29, 1.82) is 0 Å². The van der Waals surface area contributed by atoms with Gasteiger partial charge in [-0.1, -0.05) is 29.3 Å². The van der Waals surface area contributed by atoms with E-state index in [-0.39, 0.29) is 6.61 Å². The van der Waals surface area contributed by atoms with Crippen molar-refractivity contribution in [3.05, 3.63) is 34.1 Å². The van der Waals surface area contributed by atoms with Crippen LogP contribution in [-0.4, -0.2) is 16.7 Å². The predicted octanol–water partition coefficient (Wildman–Crippen LogP) is 2.78. The molecule has 1 N–H and O–H groups in total. The Bertz CT molecular complexity index is 312. The van der Waals surface area contributed by atoms with Crippen molar-refractivity contribution in [3.63, 3.8) is 0 Å². The molecule has 70 valence electrons. The zero-order chi connectivity index (χ0) is 9.68. The molecule has 1 rings (SSSR count). The first-order valence-electron chi connectivity index (χ1n) is 3.82. The maximum atomic E-state index is 8.53. The molecule has 1 aromatic rings. The van der Waals surface area contributed by atoms with Crippen LogP contribution >= 0.6 is 23.2 Å². The molecule has 0 spiro atoms. The fourth-order valence-corrected chi connectivity index (χ4v) is 1.26. The first-order valence-corrected chi connectivity index (χ1v) is 4.58. The van der Waals surface area contributed by atoms with Crippen LogP contribution < -0.4 is 0 Å². The molecule has 2 nitrogen and oxygen atoms in total. The maximum absolute atomic E-state index is 8.53. The Morgan fingerprint density at radius 3 is 2.85 bits per heavy atom. The summed E-state index contributed by atoms with van der Waals surface area (Å²) in [5, 5.41) is 9.57. The molecule has 0 aliphatic carbocycles. The number of nitrogens with zero attached hydrogens (tertiary/aromatic N) is 1. The minimum Gasteiger partial charge on any atom is -0.396 e. The van der Waals surface area contributed by atoms with Gasteiger partial charge in [-0.3, -0.25) is 4.98 Å². The van der Waals surface area contributed by atoms with Crippen molar-refractivity contribution in [2.45, 2.75) is 6.42 Å². The van der Waals surface area contributed by atoms with Crippen molar-refractivity contribution in [1.82, 2.24) is 4.98 Å². The van der Waals surface area contributed by atoms with E-state index in [1.165, 1.54) is 6.20 Å². The first-order chi connectivity index (χ1) is 6.24. The second kappa shape index (κ2) is 5.22. The molecule has 0 atom stereocenters. The van der Waals surface area contributed by atoms with Gasteiger partial charge in [0.1, 0.15) is 0 Å². The SMILES string of the molecule is OCCC=Cc1ncc(Cl)cc1Cl. The second-order valence-electron chi connectivity index (χ2n) is 2.44. The predicted molar refractivity (Wildman–Crippen MR) is 55.0 cm³/mol. The van der Waals surface area contributed by atoms with Crippen molar-refractivity contribution in [2.24, 2.45) is 0 Å². The summed E-state index contributed by atoms with van der Waals surface area (Å²) in [6.07, 6.45) is 5.70. The van der Waals surface area contributed by atoms with Crippen LogP contribution in [0.15, 0.2) is 18.3 Å². The number of aliphatic hydroxyl groups excluding tert-OH is 1. The zero-order valence-electron chi connectivity index (χ0n) is 6.87. The number of aliphatic hydroxyl groups is 1. The first kappa shape index (κ1) is 10.5. The fraction of sp³-hybridized carbons (Fsp3) is 0.222. The molecule has 0 radical (unpaired) electrons. The third kappa shape index (κ3) is 3.35. The second-order valence-corrected chi connectivity index (χ2v) is 3.28. The van der Waals surface area contributed by atoms with Gasteiger partial charge in [0.25, 0.3) is 0 Å². The largest absolute Gasteiger partial charge is 0.396 e. The quantitative estimate of drug-likeness (QED) is 0.846. The van der Waals surface area contributed by atoms with Crippen LogP contribution in [0.2, 0.25) is 10.0 Å². The average molecular weight is 218 g/mol. The smallest absolute Gasteiger partial charge is 0.0813 e. The van der Waals surface area contributed by atoms with Gasteiger partial charge in [0, 0.05) is 12.8 Å². The lowest BCUT2D eigenvalue weighted by atomic mass is 10.3. The van der Waals surface area contributed by atoms with Crippen LogP contribution in [0.25, 0.3) is 6.08 Å². The Kier molecular flexibility index (Phi) is 4.22. The van der Waals surface area contributed by atoms with E-state index >= 15 is 0 Å². The van der Waals surface area contributed by atoms with Crippen molar-refractivity contribution in [2.75, 3.05) is 6.61 Å². The van der Waals surface area contributed by atoms with Gasteiger partial charge in [0.15, 0.2) is 0 Å². The van der Waals surface area contributed by atoms with E-state index in [1.807, 2.05) is 6.08 Å². The van der Waals surface area contributed by atoms with Crippen LogP contribution in [0.4, 0.5) is 0 Å². The highest BCUT2D eigenvalue weighted by Crippen LogP contribution is 2.19. The molecule has 1 heterocycles. The van der Waals surface area contributed by atoms with E-state index in [0.29, 0.717) is 22.2 Å². The molecule has 0 saturated carbocycles. The van der Waals surface area contributed by atoms with Crippen molar-refractivity contribution < 1.29 is 5.11 Å². The van der Waals surface area contributed by atoms with E-state index in [9.17, 15) is 0 Å². The Morgan fingerprint density at radius 1 is 1.46 bits per heavy atom. The van der Waals surface area contributed by atoms with Crippen LogP contribution in [0.3, 0.4) is 0 Å². The Morgan fingerprint density at radius 2 is 2.23 bits per heavy atom. The Labute approximate surface area is 86.8 Å². The molecule has 1 aromatic heterocycles. The lowest BCUT2D eigenvalue weighted by Gasteiger charge is -1.96. The minimum atomic E-state index is 0.127. The zero-order valence-corrected chi connectivity index (χ0v) is 8.39. The van der Waals surface area contributed by atoms with Crippen molar-refractivity contribution in [3.8, 4) is 0 Å². The van der Waals surface area contributed by atoms with Gasteiger partial charge in [0.2, 0.25) is 0 Å². The maximum Gasteiger partial charge on any atom is 0.0813 e. The average Bonchev–Trinajstić information content (AvgIpc) is 2.09. The van der Waals surface area contributed by atoms with Gasteiger partial charge in [-0.2, -0.15) is 0 Å². The normalized spacial score (nSPS) is 11.0. The molecule has 0 amide bonds. The highest BCUT2D eigenvalue weighted by molar-refractivity contribution is 6.35. The van der Waals surface area contributed by atoms with Gasteiger partial charge >= 0.3 is 0 Å². The van der Waals surface area contributed by atoms with E-state index < -0.39 is 0 Å². The highest BCUT2D eigenvalue weighted by atomic mass is 35.5. The molecule has 0 fully saturated rings. The molecule has 0 aromatic carbocycles. The number of halogens is 2. The summed E-state index contributed by atoms with van der Waals surface area (Å²) in [5.74, 6) is 0. The van der Waals surface area contributed by atoms with Crippen LogP contribution in [0, 0.1) is 0 Å². The molecular formula is C9H9Cl2NO. The van der Waals surface area contributed by atoms with E-state index in [2.05, 4.69) is 4.98 Å². The number of hydrogen-bond acceptors (Lipinski definition) is 2. The standard InChI is InChI=1S/C9H9Cl2NO/c10-7-5-8(11)9(12-6-7)3-1-2-4-13/h1,3,5-6,13H,2,4H2. The summed E-state index contributed by atoms with van der Waals surface area (Å²) in [5.41, 5.74) is 0.666. The summed E-state index contributed by atoms with van der Waals surface area (Å²) < 4.78 is 0. The molecule has 0 aliphatic heterocycles. The molecular weight excluding hydrogens is 209 g/mol. The minimum absolute atomic E-state index is 0.127. The van der Waals surface area contributed by atoms with E-state index in [0.717, 1.165) is 0 Å². The molecule has 13 heavy (non-hydrogen) atoms. The monoisotopic (exact) mass is 217 g/mol. The van der Waals surface area contributed by atoms with E-state index in [1.54, 1.807) is 12.1 Å². The summed E-state index contributed by atoms with van der Waals surface area (Å²) in [6, 6.07) is 1.63. The van der Waals surface area contributed by atoms with Crippen molar-refractivity contribution >= 4 is 29.3 Å². The molecule has 0 saturated heterocycles. The molecule has 0 unspecified atom stereocenters. The van der Waals surface area contributed by atoms with Crippen LogP contribution in [0.1, 0.15) is 12.1 Å². The fourth-order valence-electron chi connectivity index (χ4n) is 0.817. The number of pyridine rings is 1. The number of rotatable bonds is 3. The van der Waals surface area contributed by atoms with Gasteiger partial charge < -0.3 is 5.11 Å². The summed E-state index contributed by atoms with van der Waals surface area (Å²) in [4.78, 5) is 4.02. The van der Waals surface area contributed by atoms with E-state index in [4.69, 9.17) is 28.3 Å². The molecule has 4 heteroatoms. The summed E-state index contributed by atoms with van der Waals surface area (Å²) in [7, 11) is 0. The van der Waals surface area contributed by atoms with Gasteiger partial charge in [-0.15, -0.1) is 0 Å². The number of aromatic nitrogens is 1. The lowest BCUT2D eigenvalue weighted by Crippen LogP contribution is -1.82. The van der Waals surface area contributed by atoms with Gasteiger partial charge in [0.05, 0.1) is 15.7 Å². The summed E-state index contributed by atoms with van der Waals surface area (Å²) >= 11 is 11.5.